The second-order valence-corrected chi connectivity index (χ2v) is 5.12. The number of carbonyl (C=O) groups excluding carboxylic acids is 1. The van der Waals surface area contributed by atoms with Crippen molar-refractivity contribution < 1.29 is 4.79 Å². The van der Waals surface area contributed by atoms with E-state index in [1.807, 2.05) is 12.1 Å². The Morgan fingerprint density at radius 2 is 1.89 bits per heavy atom. The third-order valence-corrected chi connectivity index (χ3v) is 3.78. The van der Waals surface area contributed by atoms with Gasteiger partial charge in [0.15, 0.2) is 6.29 Å². The van der Waals surface area contributed by atoms with Crippen molar-refractivity contribution in [3.8, 4) is 0 Å². The van der Waals surface area contributed by atoms with Crippen molar-refractivity contribution in [2.45, 2.75) is 19.9 Å². The Morgan fingerprint density at radius 1 is 1.11 bits per heavy atom. The van der Waals surface area contributed by atoms with E-state index in [0.717, 1.165) is 37.0 Å². The molecular weight excluding hydrogens is 234 g/mol. The van der Waals surface area contributed by atoms with Crippen molar-refractivity contribution in [1.29, 1.82) is 0 Å². The normalized spacial score (nSPS) is 14.1. The Balaban J connectivity index is 1.97. The number of anilines is 1. The number of carbonyl (C=O) groups is 1. The maximum absolute atomic E-state index is 11.2. The van der Waals surface area contributed by atoms with Crippen LogP contribution in [0.3, 0.4) is 0 Å². The highest BCUT2D eigenvalue weighted by atomic mass is 16.1. The second-order valence-electron chi connectivity index (χ2n) is 5.12. The molecule has 19 heavy (non-hydrogen) atoms. The van der Waals surface area contributed by atoms with Crippen molar-refractivity contribution in [3.63, 3.8) is 0 Å². The van der Waals surface area contributed by atoms with Gasteiger partial charge >= 0.3 is 0 Å². The molecule has 0 amide bonds. The van der Waals surface area contributed by atoms with E-state index in [9.17, 15) is 4.79 Å². The molecule has 0 aromatic heterocycles. The molecule has 2 nitrogen and oxygen atoms in total. The maximum atomic E-state index is 11.2. The maximum Gasteiger partial charge on any atom is 0.152 e. The van der Waals surface area contributed by atoms with Crippen LogP contribution in [0.25, 0.3) is 0 Å². The van der Waals surface area contributed by atoms with Crippen LogP contribution in [0.5, 0.6) is 0 Å². The van der Waals surface area contributed by atoms with Gasteiger partial charge < -0.3 is 4.90 Å². The first-order chi connectivity index (χ1) is 9.28. The predicted octanol–water partition coefficient (Wildman–Crippen LogP) is 3.37. The molecule has 0 saturated heterocycles. The van der Waals surface area contributed by atoms with Gasteiger partial charge in [0.2, 0.25) is 0 Å². The quantitative estimate of drug-likeness (QED) is 0.763. The molecule has 0 spiro atoms. The van der Waals surface area contributed by atoms with Gasteiger partial charge in [0.05, 0.1) is 0 Å². The van der Waals surface area contributed by atoms with Crippen molar-refractivity contribution in [1.82, 2.24) is 0 Å². The third-order valence-electron chi connectivity index (χ3n) is 3.78. The van der Waals surface area contributed by atoms with Crippen molar-refractivity contribution in [2.75, 3.05) is 11.4 Å². The lowest BCUT2D eigenvalue weighted by molar-refractivity contribution is 0.112. The van der Waals surface area contributed by atoms with E-state index in [-0.39, 0.29) is 0 Å². The standard InChI is InChI=1S/C17H17NO/c1-13-6-7-16(12-19)17(10-13)18-9-8-14-4-2-3-5-15(14)11-18/h2-7,10,12H,8-9,11H2,1H3. The second kappa shape index (κ2) is 4.88. The summed E-state index contributed by atoms with van der Waals surface area (Å²) in [5, 5.41) is 0. The summed E-state index contributed by atoms with van der Waals surface area (Å²) in [4.78, 5) is 13.5. The molecule has 2 aromatic carbocycles. The Hall–Kier alpha value is -2.09. The zero-order valence-electron chi connectivity index (χ0n) is 11.1. The summed E-state index contributed by atoms with van der Waals surface area (Å²) >= 11 is 0. The van der Waals surface area contributed by atoms with Crippen molar-refractivity contribution >= 4 is 12.0 Å². The molecule has 2 aromatic rings. The zero-order chi connectivity index (χ0) is 13.2. The van der Waals surface area contributed by atoms with Crippen LogP contribution in [0.1, 0.15) is 27.0 Å². The van der Waals surface area contributed by atoms with Gasteiger partial charge in [-0.15, -0.1) is 0 Å². The molecule has 0 atom stereocenters. The molecule has 0 bridgehead atoms. The number of hydrogen-bond donors (Lipinski definition) is 0. The number of rotatable bonds is 2. The first-order valence-corrected chi connectivity index (χ1v) is 6.65. The monoisotopic (exact) mass is 251 g/mol. The Kier molecular flexibility index (Phi) is 3.08. The number of hydrogen-bond acceptors (Lipinski definition) is 2. The highest BCUT2D eigenvalue weighted by Gasteiger charge is 2.18. The van der Waals surface area contributed by atoms with E-state index in [4.69, 9.17) is 0 Å². The fourth-order valence-corrected chi connectivity index (χ4v) is 2.73. The van der Waals surface area contributed by atoms with Crippen LogP contribution < -0.4 is 4.90 Å². The van der Waals surface area contributed by atoms with E-state index < -0.39 is 0 Å². The van der Waals surface area contributed by atoms with Crippen LogP contribution in [0.2, 0.25) is 0 Å². The molecule has 0 unspecified atom stereocenters. The number of aldehydes is 1. The van der Waals surface area contributed by atoms with E-state index in [1.165, 1.54) is 16.7 Å². The largest absolute Gasteiger partial charge is 0.366 e. The summed E-state index contributed by atoms with van der Waals surface area (Å²) in [7, 11) is 0. The van der Waals surface area contributed by atoms with Gasteiger partial charge in [-0.05, 0) is 42.2 Å². The van der Waals surface area contributed by atoms with Gasteiger partial charge in [0.25, 0.3) is 0 Å². The average Bonchev–Trinajstić information content (AvgIpc) is 2.46. The van der Waals surface area contributed by atoms with E-state index in [1.54, 1.807) is 0 Å². The Labute approximate surface area is 113 Å². The summed E-state index contributed by atoms with van der Waals surface area (Å²) in [6.07, 6.45) is 2.00. The topological polar surface area (TPSA) is 20.3 Å². The minimum Gasteiger partial charge on any atom is -0.366 e. The van der Waals surface area contributed by atoms with Crippen LogP contribution in [0, 0.1) is 6.92 Å². The van der Waals surface area contributed by atoms with Crippen molar-refractivity contribution in [3.05, 3.63) is 64.7 Å². The van der Waals surface area contributed by atoms with Crippen LogP contribution in [0.4, 0.5) is 5.69 Å². The van der Waals surface area contributed by atoms with Gasteiger partial charge in [0, 0.05) is 24.3 Å². The minimum absolute atomic E-state index is 0.782. The molecule has 3 rings (SSSR count). The Bertz CT molecular complexity index is 618. The van der Waals surface area contributed by atoms with Gasteiger partial charge in [-0.3, -0.25) is 4.79 Å². The molecule has 0 aliphatic carbocycles. The van der Waals surface area contributed by atoms with Crippen LogP contribution in [-0.4, -0.2) is 12.8 Å². The van der Waals surface area contributed by atoms with Crippen LogP contribution >= 0.6 is 0 Å². The molecule has 1 aliphatic heterocycles. The minimum atomic E-state index is 0.782. The smallest absolute Gasteiger partial charge is 0.152 e. The van der Waals surface area contributed by atoms with Crippen LogP contribution in [-0.2, 0) is 13.0 Å². The lowest BCUT2D eigenvalue weighted by Crippen LogP contribution is -2.31. The molecule has 0 radical (unpaired) electrons. The third kappa shape index (κ3) is 2.26. The van der Waals surface area contributed by atoms with Gasteiger partial charge in [-0.1, -0.05) is 30.3 Å². The SMILES string of the molecule is Cc1ccc(C=O)c(N2CCc3ccccc3C2)c1. The average molecular weight is 251 g/mol. The van der Waals surface area contributed by atoms with E-state index in [0.29, 0.717) is 0 Å². The highest BCUT2D eigenvalue weighted by molar-refractivity contribution is 5.85. The van der Waals surface area contributed by atoms with Gasteiger partial charge in [-0.25, -0.2) is 0 Å². The summed E-state index contributed by atoms with van der Waals surface area (Å²) in [5.74, 6) is 0. The first kappa shape index (κ1) is 12.0. The zero-order valence-corrected chi connectivity index (χ0v) is 11.1. The molecule has 0 N–H and O–H groups in total. The molecule has 0 fully saturated rings. The van der Waals surface area contributed by atoms with Gasteiger partial charge in [-0.2, -0.15) is 0 Å². The van der Waals surface area contributed by atoms with E-state index in [2.05, 4.69) is 42.2 Å². The lowest BCUT2D eigenvalue weighted by atomic mass is 9.98. The number of nitrogens with zero attached hydrogens (tertiary/aromatic N) is 1. The fraction of sp³-hybridized carbons (Fsp3) is 0.235. The molecule has 1 heterocycles. The highest BCUT2D eigenvalue weighted by Crippen LogP contribution is 2.27. The first-order valence-electron chi connectivity index (χ1n) is 6.65. The molecule has 0 saturated carbocycles. The summed E-state index contributed by atoms with van der Waals surface area (Å²) in [6, 6.07) is 14.6. The van der Waals surface area contributed by atoms with E-state index >= 15 is 0 Å². The number of fused-ring (bicyclic) bond motifs is 1. The summed E-state index contributed by atoms with van der Waals surface area (Å²) < 4.78 is 0. The lowest BCUT2D eigenvalue weighted by Gasteiger charge is -2.31. The summed E-state index contributed by atoms with van der Waals surface area (Å²) in [5.41, 5.74) is 5.83. The van der Waals surface area contributed by atoms with Crippen molar-refractivity contribution in [2.24, 2.45) is 0 Å². The molecule has 1 aliphatic rings. The molecule has 96 valence electrons. The number of aryl methyl sites for hydroxylation is 1. The van der Waals surface area contributed by atoms with Crippen LogP contribution in [0.15, 0.2) is 42.5 Å². The fourth-order valence-electron chi connectivity index (χ4n) is 2.73. The van der Waals surface area contributed by atoms with Gasteiger partial charge in [0.1, 0.15) is 0 Å². The molecular formula is C17H17NO. The summed E-state index contributed by atoms with van der Waals surface area (Å²) in [6.45, 7) is 3.93. The number of benzene rings is 2. The predicted molar refractivity (Wildman–Crippen MR) is 77.8 cm³/mol. The Morgan fingerprint density at radius 3 is 2.68 bits per heavy atom. The molecule has 2 heteroatoms.